The molecule has 0 saturated carbocycles. The zero-order valence-corrected chi connectivity index (χ0v) is 13.6. The second-order valence-corrected chi connectivity index (χ2v) is 6.28. The summed E-state index contributed by atoms with van der Waals surface area (Å²) >= 11 is 0. The summed E-state index contributed by atoms with van der Waals surface area (Å²) in [5.41, 5.74) is 3.64. The Morgan fingerprint density at radius 1 is 0.708 bits per heavy atom. The zero-order chi connectivity index (χ0) is 17.2. The SMILES string of the molecule is C=c1ccc(C)c2[nH]/c(=c3/[nH]c4c(C)ccc(=C)c4c3O)c(O)c12. The van der Waals surface area contributed by atoms with Crippen LogP contribution < -0.4 is 10.4 Å². The number of fused-ring (bicyclic) bond motifs is 2. The lowest BCUT2D eigenvalue weighted by atomic mass is 10.1. The molecule has 4 rings (SSSR count). The first-order valence-corrected chi connectivity index (χ1v) is 7.73. The maximum absolute atomic E-state index is 10.7. The van der Waals surface area contributed by atoms with Gasteiger partial charge in [-0.25, -0.2) is 0 Å². The summed E-state index contributed by atoms with van der Waals surface area (Å²) in [5, 5.41) is 25.2. The molecule has 0 atom stereocenters. The maximum Gasteiger partial charge on any atom is 0.151 e. The minimum atomic E-state index is 0.0869. The van der Waals surface area contributed by atoms with Crippen LogP contribution in [0.25, 0.3) is 35.0 Å². The maximum atomic E-state index is 10.7. The van der Waals surface area contributed by atoms with E-state index < -0.39 is 0 Å². The number of aryl methyl sites for hydroxylation is 2. The first-order chi connectivity index (χ1) is 11.4. The van der Waals surface area contributed by atoms with Crippen LogP contribution in [0.1, 0.15) is 11.1 Å². The summed E-state index contributed by atoms with van der Waals surface area (Å²) in [5.74, 6) is 0.174. The van der Waals surface area contributed by atoms with E-state index in [0.29, 0.717) is 21.5 Å². The van der Waals surface area contributed by atoms with Gasteiger partial charge in [0.05, 0.1) is 11.0 Å². The third-order valence-electron chi connectivity index (χ3n) is 4.70. The fraction of sp³-hybridized carbons (Fsp3) is 0.100. The minimum absolute atomic E-state index is 0.0869. The predicted molar refractivity (Wildman–Crippen MR) is 97.4 cm³/mol. The van der Waals surface area contributed by atoms with E-state index in [4.69, 9.17) is 0 Å². The summed E-state index contributed by atoms with van der Waals surface area (Å²) in [6.07, 6.45) is 0. The highest BCUT2D eigenvalue weighted by Gasteiger charge is 2.14. The normalized spacial score (nSPS) is 13.1. The number of aromatic hydroxyl groups is 2. The van der Waals surface area contributed by atoms with Gasteiger partial charge in [-0.3, -0.25) is 0 Å². The molecule has 0 aliphatic heterocycles. The number of rotatable bonds is 0. The van der Waals surface area contributed by atoms with Crippen molar-refractivity contribution in [1.29, 1.82) is 0 Å². The Balaban J connectivity index is 2.37. The second-order valence-electron chi connectivity index (χ2n) is 6.28. The van der Waals surface area contributed by atoms with Gasteiger partial charge < -0.3 is 20.2 Å². The molecule has 0 fully saturated rings. The van der Waals surface area contributed by atoms with E-state index in [1.54, 1.807) is 0 Å². The lowest BCUT2D eigenvalue weighted by Gasteiger charge is -1.95. The van der Waals surface area contributed by atoms with Gasteiger partial charge in [-0.1, -0.05) is 37.4 Å². The van der Waals surface area contributed by atoms with Gasteiger partial charge in [-0.05, 0) is 35.4 Å². The molecule has 0 aliphatic rings. The van der Waals surface area contributed by atoms with Gasteiger partial charge in [0, 0.05) is 10.8 Å². The number of nitrogens with one attached hydrogen (secondary N) is 2. The van der Waals surface area contributed by atoms with Crippen molar-refractivity contribution >= 4 is 35.0 Å². The van der Waals surface area contributed by atoms with Crippen LogP contribution in [0, 0.1) is 24.5 Å². The fourth-order valence-corrected chi connectivity index (χ4v) is 3.34. The van der Waals surface area contributed by atoms with E-state index in [1.807, 2.05) is 38.1 Å². The quantitative estimate of drug-likeness (QED) is 0.402. The van der Waals surface area contributed by atoms with Crippen LogP contribution in [0.5, 0.6) is 11.5 Å². The lowest BCUT2D eigenvalue weighted by molar-refractivity contribution is 0.467. The van der Waals surface area contributed by atoms with E-state index in [-0.39, 0.29) is 11.5 Å². The molecule has 0 spiro atoms. The summed E-state index contributed by atoms with van der Waals surface area (Å²) in [6.45, 7) is 11.9. The Morgan fingerprint density at radius 3 is 1.42 bits per heavy atom. The van der Waals surface area contributed by atoms with Crippen molar-refractivity contribution < 1.29 is 10.2 Å². The van der Waals surface area contributed by atoms with Gasteiger partial charge in [0.1, 0.15) is 10.7 Å². The number of benzene rings is 2. The number of H-pyrrole nitrogens is 2. The molecule has 0 amide bonds. The van der Waals surface area contributed by atoms with E-state index in [2.05, 4.69) is 23.1 Å². The molecule has 4 heteroatoms. The van der Waals surface area contributed by atoms with E-state index in [0.717, 1.165) is 32.6 Å². The molecular weight excluding hydrogens is 300 g/mol. The van der Waals surface area contributed by atoms with Crippen molar-refractivity contribution in [3.05, 3.63) is 56.5 Å². The number of hydrogen-bond donors (Lipinski definition) is 4. The van der Waals surface area contributed by atoms with E-state index in [1.165, 1.54) is 0 Å². The standard InChI is InChI=1S/C20H18N2O2/c1-9-5-7-11(3)15-13(9)19(23)17(21-15)18-20(24)14-10(2)6-8-12(4)16(14)22-18/h5-8,21-24H,1-2H2,3-4H3/b18-17+. The molecule has 24 heavy (non-hydrogen) atoms. The topological polar surface area (TPSA) is 72.0 Å². The summed E-state index contributed by atoms with van der Waals surface area (Å²) in [4.78, 5) is 6.46. The van der Waals surface area contributed by atoms with Crippen molar-refractivity contribution in [2.24, 2.45) is 0 Å². The Bertz CT molecular complexity index is 1220. The molecule has 2 heterocycles. The Hall–Kier alpha value is -3.14. The molecule has 120 valence electrons. The van der Waals surface area contributed by atoms with Crippen LogP contribution in [-0.2, 0) is 0 Å². The highest BCUT2D eigenvalue weighted by Crippen LogP contribution is 2.30. The summed E-state index contributed by atoms with van der Waals surface area (Å²) in [6, 6.07) is 7.65. The largest absolute Gasteiger partial charge is 0.505 e. The first kappa shape index (κ1) is 14.5. The molecule has 0 saturated heterocycles. The third kappa shape index (κ3) is 1.74. The highest BCUT2D eigenvalue weighted by atomic mass is 16.3. The van der Waals surface area contributed by atoms with Gasteiger partial charge in [0.25, 0.3) is 0 Å². The van der Waals surface area contributed by atoms with Crippen molar-refractivity contribution in [2.75, 3.05) is 0 Å². The van der Waals surface area contributed by atoms with Crippen molar-refractivity contribution in [1.82, 2.24) is 9.97 Å². The molecule has 2 aromatic carbocycles. The molecule has 0 unspecified atom stereocenters. The molecular formula is C20H18N2O2. The molecule has 4 N–H and O–H groups in total. The Morgan fingerprint density at radius 2 is 1.08 bits per heavy atom. The van der Waals surface area contributed by atoms with Gasteiger partial charge in [0.15, 0.2) is 11.5 Å². The molecule has 4 aromatic rings. The van der Waals surface area contributed by atoms with Crippen LogP contribution in [-0.4, -0.2) is 20.2 Å². The zero-order valence-electron chi connectivity index (χ0n) is 13.6. The monoisotopic (exact) mass is 318 g/mol. The highest BCUT2D eigenvalue weighted by molar-refractivity contribution is 5.91. The van der Waals surface area contributed by atoms with Gasteiger partial charge >= 0.3 is 0 Å². The average molecular weight is 318 g/mol. The van der Waals surface area contributed by atoms with Gasteiger partial charge in [-0.2, -0.15) is 0 Å². The molecule has 0 aliphatic carbocycles. The number of aromatic amines is 2. The van der Waals surface area contributed by atoms with Crippen molar-refractivity contribution in [2.45, 2.75) is 13.8 Å². The Labute approximate surface area is 137 Å². The van der Waals surface area contributed by atoms with E-state index in [9.17, 15) is 10.2 Å². The lowest BCUT2D eigenvalue weighted by Crippen LogP contribution is -1.97. The van der Waals surface area contributed by atoms with Gasteiger partial charge in [-0.15, -0.1) is 0 Å². The number of hydrogen-bond acceptors (Lipinski definition) is 2. The van der Waals surface area contributed by atoms with Crippen molar-refractivity contribution in [3.8, 4) is 11.5 Å². The second kappa shape index (κ2) is 4.68. The molecule has 2 aromatic heterocycles. The smallest absolute Gasteiger partial charge is 0.151 e. The van der Waals surface area contributed by atoms with Gasteiger partial charge in [0.2, 0.25) is 0 Å². The van der Waals surface area contributed by atoms with Crippen LogP contribution in [0.3, 0.4) is 0 Å². The third-order valence-corrected chi connectivity index (χ3v) is 4.70. The fourth-order valence-electron chi connectivity index (χ4n) is 3.34. The van der Waals surface area contributed by atoms with Crippen LogP contribution in [0.4, 0.5) is 0 Å². The summed E-state index contributed by atoms with van der Waals surface area (Å²) in [7, 11) is 0. The van der Waals surface area contributed by atoms with Crippen molar-refractivity contribution in [3.63, 3.8) is 0 Å². The molecule has 0 radical (unpaired) electrons. The number of aromatic nitrogens is 2. The molecule has 4 nitrogen and oxygen atoms in total. The van der Waals surface area contributed by atoms with E-state index >= 15 is 0 Å². The minimum Gasteiger partial charge on any atom is -0.505 e. The molecule has 0 bridgehead atoms. The van der Waals surface area contributed by atoms with Crippen LogP contribution in [0.2, 0.25) is 0 Å². The first-order valence-electron chi connectivity index (χ1n) is 7.73. The summed E-state index contributed by atoms with van der Waals surface area (Å²) < 4.78 is 0. The predicted octanol–water partition coefficient (Wildman–Crippen LogP) is 2.78. The van der Waals surface area contributed by atoms with Crippen LogP contribution in [0.15, 0.2) is 24.3 Å². The average Bonchev–Trinajstić information content (AvgIpc) is 3.07. The Kier molecular flexibility index (Phi) is 2.82. The van der Waals surface area contributed by atoms with Crippen LogP contribution >= 0.6 is 0 Å².